The van der Waals surface area contributed by atoms with Crippen molar-refractivity contribution < 1.29 is 4.39 Å². The fourth-order valence-corrected chi connectivity index (χ4v) is 3.59. The number of nitrogens with zero attached hydrogens (tertiary/aromatic N) is 5. The van der Waals surface area contributed by atoms with Gasteiger partial charge in [0, 0.05) is 18.0 Å². The molecular weight excluding hydrogens is 301 g/mol. The highest BCUT2D eigenvalue weighted by atomic mass is 32.1. The maximum Gasteiger partial charge on any atom is 0.173 e. The van der Waals surface area contributed by atoms with Crippen LogP contribution in [-0.4, -0.2) is 31.7 Å². The van der Waals surface area contributed by atoms with Crippen LogP contribution in [0.4, 0.5) is 4.39 Å². The summed E-state index contributed by atoms with van der Waals surface area (Å²) in [5.74, 6) is 0.582. The summed E-state index contributed by atoms with van der Waals surface area (Å²) in [5, 5.41) is 14.1. The van der Waals surface area contributed by atoms with Crippen molar-refractivity contribution in [2.24, 2.45) is 0 Å². The first-order chi connectivity index (χ1) is 10.8. The van der Waals surface area contributed by atoms with E-state index in [9.17, 15) is 4.39 Å². The summed E-state index contributed by atoms with van der Waals surface area (Å²) >= 11 is 1.74. The molecule has 0 N–H and O–H groups in total. The number of thiophene rings is 1. The molecule has 7 heteroatoms. The Hall–Kier alpha value is -2.12. The Kier molecular flexibility index (Phi) is 3.44. The van der Waals surface area contributed by atoms with Crippen molar-refractivity contribution in [1.82, 2.24) is 25.1 Å². The summed E-state index contributed by atoms with van der Waals surface area (Å²) < 4.78 is 15.1. The average molecular weight is 315 g/mol. The highest BCUT2D eigenvalue weighted by molar-refractivity contribution is 7.09. The molecule has 0 spiro atoms. The van der Waals surface area contributed by atoms with Gasteiger partial charge in [-0.3, -0.25) is 4.90 Å². The zero-order chi connectivity index (χ0) is 14.9. The van der Waals surface area contributed by atoms with Crippen molar-refractivity contribution in [3.8, 4) is 0 Å². The van der Waals surface area contributed by atoms with Crippen LogP contribution >= 0.6 is 11.3 Å². The molecule has 1 aliphatic heterocycles. The fraction of sp³-hybridized carbons (Fsp3) is 0.267. The molecular formula is C15H14FN5S. The van der Waals surface area contributed by atoms with Gasteiger partial charge in [0.1, 0.15) is 5.82 Å². The van der Waals surface area contributed by atoms with Crippen molar-refractivity contribution in [3.05, 3.63) is 63.9 Å². The Morgan fingerprint density at radius 3 is 2.82 bits per heavy atom. The number of rotatable bonds is 3. The lowest BCUT2D eigenvalue weighted by Gasteiger charge is -2.34. The van der Waals surface area contributed by atoms with Crippen LogP contribution in [0.25, 0.3) is 0 Å². The zero-order valence-corrected chi connectivity index (χ0v) is 12.6. The first-order valence-electron chi connectivity index (χ1n) is 7.09. The van der Waals surface area contributed by atoms with Crippen LogP contribution in [0.1, 0.15) is 22.3 Å². The lowest BCUT2D eigenvalue weighted by Crippen LogP contribution is -2.38. The molecule has 0 bridgehead atoms. The van der Waals surface area contributed by atoms with Crippen LogP contribution in [0.3, 0.4) is 0 Å². The molecule has 1 atom stereocenters. The van der Waals surface area contributed by atoms with Crippen LogP contribution in [0, 0.1) is 5.82 Å². The quantitative estimate of drug-likeness (QED) is 0.745. The fourth-order valence-electron chi connectivity index (χ4n) is 2.86. The van der Waals surface area contributed by atoms with Gasteiger partial charge in [-0.05, 0) is 39.6 Å². The van der Waals surface area contributed by atoms with E-state index in [2.05, 4.69) is 37.9 Å². The molecule has 1 unspecified atom stereocenters. The molecule has 0 saturated carbocycles. The Bertz CT molecular complexity index is 753. The summed E-state index contributed by atoms with van der Waals surface area (Å²) in [6.45, 7) is 2.47. The van der Waals surface area contributed by atoms with Crippen LogP contribution < -0.4 is 0 Å². The van der Waals surface area contributed by atoms with Gasteiger partial charge in [-0.1, -0.05) is 18.2 Å². The van der Waals surface area contributed by atoms with Gasteiger partial charge in [0.2, 0.25) is 0 Å². The highest BCUT2D eigenvalue weighted by Gasteiger charge is 2.31. The maximum atomic E-state index is 13.2. The number of benzene rings is 1. The monoisotopic (exact) mass is 315 g/mol. The van der Waals surface area contributed by atoms with Crippen LogP contribution in [0.2, 0.25) is 0 Å². The van der Waals surface area contributed by atoms with Crippen molar-refractivity contribution in [2.45, 2.75) is 19.1 Å². The number of hydrogen-bond acceptors (Lipinski definition) is 5. The van der Waals surface area contributed by atoms with Crippen molar-refractivity contribution in [3.63, 3.8) is 0 Å². The van der Waals surface area contributed by atoms with E-state index in [1.165, 1.54) is 17.0 Å². The van der Waals surface area contributed by atoms with Gasteiger partial charge in [0.25, 0.3) is 0 Å². The molecule has 22 heavy (non-hydrogen) atoms. The van der Waals surface area contributed by atoms with Gasteiger partial charge < -0.3 is 0 Å². The summed E-state index contributed by atoms with van der Waals surface area (Å²) in [5.41, 5.74) is 1.01. The minimum absolute atomic E-state index is 0.0496. The predicted molar refractivity (Wildman–Crippen MR) is 80.8 cm³/mol. The molecule has 4 rings (SSSR count). The molecule has 5 nitrogen and oxygen atoms in total. The smallest absolute Gasteiger partial charge is 0.173 e. The first-order valence-corrected chi connectivity index (χ1v) is 7.97. The first kappa shape index (κ1) is 13.5. The Morgan fingerprint density at radius 1 is 1.18 bits per heavy atom. The topological polar surface area (TPSA) is 46.8 Å². The van der Waals surface area contributed by atoms with E-state index in [-0.39, 0.29) is 11.9 Å². The van der Waals surface area contributed by atoms with E-state index < -0.39 is 0 Å². The molecule has 0 radical (unpaired) electrons. The lowest BCUT2D eigenvalue weighted by atomic mass is 10.0. The average Bonchev–Trinajstić information content (AvgIpc) is 3.19. The third-order valence-corrected chi connectivity index (χ3v) is 4.75. The molecule has 112 valence electrons. The maximum absolute atomic E-state index is 13.2. The minimum Gasteiger partial charge on any atom is -0.283 e. The second-order valence-corrected chi connectivity index (χ2v) is 6.30. The minimum atomic E-state index is -0.232. The zero-order valence-electron chi connectivity index (χ0n) is 11.8. The number of aromatic nitrogens is 4. The van der Waals surface area contributed by atoms with E-state index in [1.807, 2.05) is 16.8 Å². The van der Waals surface area contributed by atoms with Gasteiger partial charge in [-0.25, -0.2) is 9.07 Å². The molecule has 1 aliphatic rings. The van der Waals surface area contributed by atoms with Gasteiger partial charge in [0.05, 0.1) is 12.6 Å². The van der Waals surface area contributed by atoms with Gasteiger partial charge in [0.15, 0.2) is 5.82 Å². The number of halogens is 1. The van der Waals surface area contributed by atoms with E-state index in [4.69, 9.17) is 0 Å². The van der Waals surface area contributed by atoms with Crippen LogP contribution in [-0.2, 0) is 13.1 Å². The van der Waals surface area contributed by atoms with Crippen LogP contribution in [0.15, 0.2) is 41.8 Å². The van der Waals surface area contributed by atoms with Gasteiger partial charge in [-0.15, -0.1) is 16.4 Å². The van der Waals surface area contributed by atoms with Gasteiger partial charge >= 0.3 is 0 Å². The largest absolute Gasteiger partial charge is 0.283 e. The Balaban J connectivity index is 1.72. The van der Waals surface area contributed by atoms with Crippen molar-refractivity contribution >= 4 is 11.3 Å². The summed E-state index contributed by atoms with van der Waals surface area (Å²) in [6, 6.07) is 10.7. The molecule has 3 aromatic rings. The predicted octanol–water partition coefficient (Wildman–Crippen LogP) is 2.48. The summed E-state index contributed by atoms with van der Waals surface area (Å²) in [6.07, 6.45) is 0. The molecule has 0 saturated heterocycles. The third kappa shape index (κ3) is 2.42. The van der Waals surface area contributed by atoms with Crippen LogP contribution in [0.5, 0.6) is 0 Å². The SMILES string of the molecule is Fc1ccc(C2c3nnnn3CCN2Cc2cccs2)cc1. The highest BCUT2D eigenvalue weighted by Crippen LogP contribution is 2.31. The molecule has 0 aliphatic carbocycles. The molecule has 0 fully saturated rings. The molecule has 0 amide bonds. The number of fused-ring (bicyclic) bond motifs is 1. The van der Waals surface area contributed by atoms with Crippen molar-refractivity contribution in [1.29, 1.82) is 0 Å². The Morgan fingerprint density at radius 2 is 2.05 bits per heavy atom. The normalized spacial score (nSPS) is 18.3. The molecule has 3 heterocycles. The standard InChI is InChI=1S/C15H14FN5S/c16-12-5-3-11(4-6-12)14-15-17-18-19-21(15)8-7-20(14)10-13-2-1-9-22-13/h1-6,9,14H,7-8,10H2. The molecule has 1 aromatic carbocycles. The Labute approximate surface area is 131 Å². The third-order valence-electron chi connectivity index (χ3n) is 3.89. The second-order valence-electron chi connectivity index (χ2n) is 5.26. The summed E-state index contributed by atoms with van der Waals surface area (Å²) in [7, 11) is 0. The van der Waals surface area contributed by atoms with E-state index in [0.29, 0.717) is 0 Å². The van der Waals surface area contributed by atoms with E-state index >= 15 is 0 Å². The molecule has 2 aromatic heterocycles. The van der Waals surface area contributed by atoms with E-state index in [1.54, 1.807) is 11.3 Å². The lowest BCUT2D eigenvalue weighted by molar-refractivity contribution is 0.165. The van der Waals surface area contributed by atoms with Crippen molar-refractivity contribution in [2.75, 3.05) is 6.54 Å². The number of tetrazole rings is 1. The van der Waals surface area contributed by atoms with Gasteiger partial charge in [-0.2, -0.15) is 0 Å². The van der Waals surface area contributed by atoms with E-state index in [0.717, 1.165) is 31.0 Å². The summed E-state index contributed by atoms with van der Waals surface area (Å²) in [4.78, 5) is 3.64. The number of hydrogen-bond donors (Lipinski definition) is 0. The second kappa shape index (κ2) is 5.58.